The Balaban J connectivity index is 1.55. The van der Waals surface area contributed by atoms with E-state index in [-0.39, 0.29) is 11.7 Å². The number of thiophene rings is 1. The Morgan fingerprint density at radius 2 is 2.12 bits per heavy atom. The highest BCUT2D eigenvalue weighted by Crippen LogP contribution is 2.26. The molecule has 0 aliphatic heterocycles. The second kappa shape index (κ2) is 8.17. The average Bonchev–Trinajstić information content (AvgIpc) is 3.31. The van der Waals surface area contributed by atoms with E-state index in [1.807, 2.05) is 41.8 Å². The summed E-state index contributed by atoms with van der Waals surface area (Å²) >= 11 is 2.77. The van der Waals surface area contributed by atoms with Gasteiger partial charge < -0.3 is 14.1 Å². The van der Waals surface area contributed by atoms with Gasteiger partial charge in [0, 0.05) is 19.2 Å². The van der Waals surface area contributed by atoms with Gasteiger partial charge in [0.05, 0.1) is 17.7 Å². The van der Waals surface area contributed by atoms with Crippen molar-refractivity contribution < 1.29 is 13.9 Å². The van der Waals surface area contributed by atoms with Gasteiger partial charge in [0.1, 0.15) is 5.75 Å². The van der Waals surface area contributed by atoms with Crippen molar-refractivity contribution >= 4 is 29.0 Å². The number of carbonyl (C=O) groups is 1. The molecule has 0 unspecified atom stereocenters. The Kier molecular flexibility index (Phi) is 5.72. The molecule has 0 saturated carbocycles. The van der Waals surface area contributed by atoms with Crippen molar-refractivity contribution in [1.29, 1.82) is 0 Å². The van der Waals surface area contributed by atoms with Crippen molar-refractivity contribution in [3.05, 3.63) is 47.3 Å². The lowest BCUT2D eigenvalue weighted by molar-refractivity contribution is -0.127. The SMILES string of the molecule is COc1ccccc1CN(C)C(=O)CSc1nnc(-c2cccs2)o1. The van der Waals surface area contributed by atoms with Gasteiger partial charge in [-0.3, -0.25) is 4.79 Å². The maximum Gasteiger partial charge on any atom is 0.277 e. The van der Waals surface area contributed by atoms with Crippen molar-refractivity contribution in [3.63, 3.8) is 0 Å². The van der Waals surface area contributed by atoms with Crippen LogP contribution in [0.25, 0.3) is 10.8 Å². The number of carbonyl (C=O) groups excluding carboxylic acids is 1. The Bertz CT molecular complexity index is 833. The molecule has 0 radical (unpaired) electrons. The summed E-state index contributed by atoms with van der Waals surface area (Å²) < 4.78 is 10.9. The summed E-state index contributed by atoms with van der Waals surface area (Å²) in [5.74, 6) is 1.46. The standard InChI is InChI=1S/C17H17N3O3S2/c1-20(10-12-6-3-4-7-13(12)22-2)15(21)11-25-17-19-18-16(23-17)14-8-5-9-24-14/h3-9H,10-11H2,1-2H3. The van der Waals surface area contributed by atoms with Crippen LogP contribution >= 0.6 is 23.1 Å². The van der Waals surface area contributed by atoms with Crippen LogP contribution in [0.3, 0.4) is 0 Å². The van der Waals surface area contributed by atoms with E-state index < -0.39 is 0 Å². The molecule has 3 aromatic rings. The maximum atomic E-state index is 12.3. The predicted molar refractivity (Wildman–Crippen MR) is 97.8 cm³/mol. The largest absolute Gasteiger partial charge is 0.496 e. The molecule has 2 heterocycles. The third-order valence-corrected chi connectivity index (χ3v) is 5.14. The normalized spacial score (nSPS) is 10.6. The van der Waals surface area contributed by atoms with Gasteiger partial charge in [0.15, 0.2) is 0 Å². The van der Waals surface area contributed by atoms with E-state index in [0.29, 0.717) is 17.7 Å². The highest BCUT2D eigenvalue weighted by atomic mass is 32.2. The van der Waals surface area contributed by atoms with Crippen molar-refractivity contribution in [3.8, 4) is 16.5 Å². The molecule has 8 heteroatoms. The summed E-state index contributed by atoms with van der Waals surface area (Å²) in [5, 5.41) is 10.3. The zero-order chi connectivity index (χ0) is 17.6. The van der Waals surface area contributed by atoms with Crippen molar-refractivity contribution in [2.24, 2.45) is 0 Å². The van der Waals surface area contributed by atoms with Crippen molar-refractivity contribution in [2.75, 3.05) is 19.9 Å². The first-order valence-corrected chi connectivity index (χ1v) is 9.40. The number of thioether (sulfide) groups is 1. The van der Waals surface area contributed by atoms with Crippen LogP contribution in [0.1, 0.15) is 5.56 Å². The highest BCUT2D eigenvalue weighted by Gasteiger charge is 2.15. The van der Waals surface area contributed by atoms with Crippen LogP contribution in [-0.4, -0.2) is 40.9 Å². The molecule has 0 bridgehead atoms. The van der Waals surface area contributed by atoms with Gasteiger partial charge in [0.2, 0.25) is 5.91 Å². The van der Waals surface area contributed by atoms with Gasteiger partial charge in [-0.2, -0.15) is 0 Å². The van der Waals surface area contributed by atoms with E-state index in [1.165, 1.54) is 23.1 Å². The Hall–Kier alpha value is -2.32. The van der Waals surface area contributed by atoms with E-state index in [2.05, 4.69) is 10.2 Å². The van der Waals surface area contributed by atoms with Crippen LogP contribution in [0.4, 0.5) is 0 Å². The van der Waals surface area contributed by atoms with Gasteiger partial charge in [-0.15, -0.1) is 21.5 Å². The smallest absolute Gasteiger partial charge is 0.277 e. The number of para-hydroxylation sites is 1. The summed E-state index contributed by atoms with van der Waals surface area (Å²) in [7, 11) is 3.39. The molecule has 3 rings (SSSR count). The molecule has 130 valence electrons. The van der Waals surface area contributed by atoms with Gasteiger partial charge >= 0.3 is 0 Å². The zero-order valence-electron chi connectivity index (χ0n) is 13.8. The third kappa shape index (κ3) is 4.40. The third-order valence-electron chi connectivity index (χ3n) is 3.48. The second-order valence-electron chi connectivity index (χ2n) is 5.20. The van der Waals surface area contributed by atoms with Crippen LogP contribution in [0.5, 0.6) is 5.75 Å². The Labute approximate surface area is 153 Å². The molecule has 1 amide bonds. The molecule has 0 aliphatic rings. The molecule has 2 aromatic heterocycles. The first kappa shape index (κ1) is 17.5. The van der Waals surface area contributed by atoms with Crippen LogP contribution in [0, 0.1) is 0 Å². The lowest BCUT2D eigenvalue weighted by Gasteiger charge is -2.18. The summed E-state index contributed by atoms with van der Waals surface area (Å²) in [6.45, 7) is 0.480. The fraction of sp³-hybridized carbons (Fsp3) is 0.235. The summed E-state index contributed by atoms with van der Waals surface area (Å²) in [6.07, 6.45) is 0. The monoisotopic (exact) mass is 375 g/mol. The van der Waals surface area contributed by atoms with Gasteiger partial charge in [0.25, 0.3) is 11.1 Å². The Morgan fingerprint density at radius 1 is 1.28 bits per heavy atom. The van der Waals surface area contributed by atoms with Crippen molar-refractivity contribution in [1.82, 2.24) is 15.1 Å². The van der Waals surface area contributed by atoms with Crippen molar-refractivity contribution in [2.45, 2.75) is 11.8 Å². The minimum atomic E-state index is -0.0215. The molecule has 0 saturated heterocycles. The number of aromatic nitrogens is 2. The second-order valence-corrected chi connectivity index (χ2v) is 7.08. The van der Waals surface area contributed by atoms with E-state index in [4.69, 9.17) is 9.15 Å². The van der Waals surface area contributed by atoms with E-state index in [9.17, 15) is 4.79 Å². The minimum absolute atomic E-state index is 0.0215. The van der Waals surface area contributed by atoms with E-state index >= 15 is 0 Å². The fourth-order valence-corrected chi connectivity index (χ4v) is 3.53. The highest BCUT2D eigenvalue weighted by molar-refractivity contribution is 7.99. The molecular weight excluding hydrogens is 358 g/mol. The topological polar surface area (TPSA) is 68.5 Å². The Morgan fingerprint density at radius 3 is 2.88 bits per heavy atom. The fourth-order valence-electron chi connectivity index (χ4n) is 2.18. The van der Waals surface area contributed by atoms with Gasteiger partial charge in [-0.25, -0.2) is 0 Å². The summed E-state index contributed by atoms with van der Waals surface area (Å²) in [5.41, 5.74) is 0.962. The number of hydrogen-bond donors (Lipinski definition) is 0. The predicted octanol–water partition coefficient (Wildman–Crippen LogP) is 3.56. The number of amides is 1. The van der Waals surface area contributed by atoms with Crippen LogP contribution in [-0.2, 0) is 11.3 Å². The molecular formula is C17H17N3O3S2. The van der Waals surface area contributed by atoms with Gasteiger partial charge in [-0.05, 0) is 17.5 Å². The van der Waals surface area contributed by atoms with E-state index in [0.717, 1.165) is 16.2 Å². The molecule has 1 aromatic carbocycles. The molecule has 0 spiro atoms. The summed E-state index contributed by atoms with van der Waals surface area (Å²) in [6, 6.07) is 11.5. The molecule has 0 fully saturated rings. The number of nitrogens with zero attached hydrogens (tertiary/aromatic N) is 3. The first-order chi connectivity index (χ1) is 12.2. The first-order valence-electron chi connectivity index (χ1n) is 7.53. The van der Waals surface area contributed by atoms with Crippen LogP contribution < -0.4 is 4.74 Å². The number of benzene rings is 1. The number of rotatable bonds is 7. The molecule has 25 heavy (non-hydrogen) atoms. The quantitative estimate of drug-likeness (QED) is 0.588. The number of ether oxygens (including phenoxy) is 1. The van der Waals surface area contributed by atoms with Gasteiger partial charge in [-0.1, -0.05) is 36.0 Å². The average molecular weight is 375 g/mol. The summed E-state index contributed by atoms with van der Waals surface area (Å²) in [4.78, 5) is 14.9. The molecule has 0 aliphatic carbocycles. The van der Waals surface area contributed by atoms with Crippen LogP contribution in [0.2, 0.25) is 0 Å². The molecule has 0 atom stereocenters. The number of hydrogen-bond acceptors (Lipinski definition) is 7. The maximum absolute atomic E-state index is 12.3. The zero-order valence-corrected chi connectivity index (χ0v) is 15.5. The molecule has 6 nitrogen and oxygen atoms in total. The number of methoxy groups -OCH3 is 1. The molecule has 0 N–H and O–H groups in total. The minimum Gasteiger partial charge on any atom is -0.496 e. The van der Waals surface area contributed by atoms with E-state index in [1.54, 1.807) is 19.1 Å². The van der Waals surface area contributed by atoms with Crippen LogP contribution in [0.15, 0.2) is 51.4 Å². The lowest BCUT2D eigenvalue weighted by atomic mass is 10.2. The lowest BCUT2D eigenvalue weighted by Crippen LogP contribution is -2.28.